The molecule has 1 atom stereocenters. The molecule has 164 valence electrons. The quantitative estimate of drug-likeness (QED) is 0.510. The van der Waals surface area contributed by atoms with Crippen LogP contribution in [0.2, 0.25) is 14.4 Å². The number of carbonyl (C=O) groups excluding carboxylic acids is 1. The van der Waals surface area contributed by atoms with Gasteiger partial charge in [0.05, 0.1) is 4.34 Å². The van der Waals surface area contributed by atoms with Crippen LogP contribution >= 0.6 is 46.1 Å². The Bertz CT molecular complexity index is 1210. The van der Waals surface area contributed by atoms with Crippen LogP contribution < -0.4 is 5.32 Å². The van der Waals surface area contributed by atoms with E-state index in [1.165, 1.54) is 16.4 Å². The molecule has 1 aliphatic heterocycles. The van der Waals surface area contributed by atoms with Crippen LogP contribution in [0.25, 0.3) is 11.5 Å². The van der Waals surface area contributed by atoms with Gasteiger partial charge in [0.1, 0.15) is 10.3 Å². The highest BCUT2D eigenvalue weighted by Gasteiger charge is 2.38. The molecule has 13 heteroatoms. The van der Waals surface area contributed by atoms with Gasteiger partial charge in [0, 0.05) is 22.2 Å². The topological polar surface area (TPSA) is 105 Å². The number of carbonyl (C=O) groups is 1. The molecule has 3 aromatic rings. The van der Waals surface area contributed by atoms with E-state index in [4.69, 9.17) is 39.2 Å². The molecular weight excluding hydrogens is 507 g/mol. The first-order chi connectivity index (χ1) is 14.7. The summed E-state index contributed by atoms with van der Waals surface area (Å²) < 4.78 is 33.2. The Labute approximate surface area is 197 Å². The zero-order valence-corrected chi connectivity index (χ0v) is 19.6. The second-order valence-electron chi connectivity index (χ2n) is 6.75. The van der Waals surface area contributed by atoms with E-state index in [1.54, 1.807) is 18.2 Å². The summed E-state index contributed by atoms with van der Waals surface area (Å²) in [7, 11) is -3.86. The third-order valence-corrected chi connectivity index (χ3v) is 8.68. The summed E-state index contributed by atoms with van der Waals surface area (Å²) in [5.41, 5.74) is 0.488. The molecule has 1 aromatic carbocycles. The lowest BCUT2D eigenvalue weighted by atomic mass is 10.0. The Kier molecular flexibility index (Phi) is 6.57. The molecule has 3 heterocycles. The third-order valence-electron chi connectivity index (χ3n) is 4.63. The number of rotatable bonds is 5. The zero-order chi connectivity index (χ0) is 22.2. The van der Waals surface area contributed by atoms with Crippen molar-refractivity contribution in [3.8, 4) is 11.5 Å². The van der Waals surface area contributed by atoms with Crippen molar-refractivity contribution in [3.63, 3.8) is 0 Å². The maximum atomic E-state index is 13.0. The number of benzene rings is 1. The van der Waals surface area contributed by atoms with Crippen LogP contribution in [0, 0.1) is 0 Å². The van der Waals surface area contributed by atoms with E-state index >= 15 is 0 Å². The van der Waals surface area contributed by atoms with Gasteiger partial charge in [-0.2, -0.15) is 4.31 Å². The Balaban J connectivity index is 1.54. The molecule has 0 bridgehead atoms. The van der Waals surface area contributed by atoms with Gasteiger partial charge in [0.2, 0.25) is 11.8 Å². The zero-order valence-electron chi connectivity index (χ0n) is 15.7. The van der Waals surface area contributed by atoms with E-state index in [0.717, 1.165) is 11.3 Å². The van der Waals surface area contributed by atoms with E-state index in [-0.39, 0.29) is 22.7 Å². The molecule has 0 spiro atoms. The standard InChI is InChI=1S/C18H15Cl3N4O4S2/c19-11-7-10(8-12(20)9-11)17-23-24-18(29-17)22-16(26)13-3-1-2-6-25(13)31(27,28)15-5-4-14(21)30-15/h4-5,7-9,13H,1-3,6H2,(H,22,24,26). The van der Waals surface area contributed by atoms with Crippen molar-refractivity contribution in [2.75, 3.05) is 11.9 Å². The van der Waals surface area contributed by atoms with Crippen molar-refractivity contribution in [3.05, 3.63) is 44.7 Å². The number of nitrogens with one attached hydrogen (secondary N) is 1. The van der Waals surface area contributed by atoms with E-state index in [9.17, 15) is 13.2 Å². The molecule has 1 fully saturated rings. The molecule has 4 rings (SSSR count). The molecule has 1 N–H and O–H groups in total. The molecular formula is C18H15Cl3N4O4S2. The summed E-state index contributed by atoms with van der Waals surface area (Å²) in [5, 5.41) is 11.0. The normalized spacial score (nSPS) is 17.6. The molecule has 2 aromatic heterocycles. The molecule has 1 amide bonds. The lowest BCUT2D eigenvalue weighted by Crippen LogP contribution is -2.49. The minimum Gasteiger partial charge on any atom is -0.403 e. The van der Waals surface area contributed by atoms with Crippen LogP contribution in [0.15, 0.2) is 39.0 Å². The van der Waals surface area contributed by atoms with Gasteiger partial charge in [-0.25, -0.2) is 8.42 Å². The van der Waals surface area contributed by atoms with Crippen molar-refractivity contribution >= 4 is 68.1 Å². The first-order valence-corrected chi connectivity index (χ1v) is 12.5. The van der Waals surface area contributed by atoms with Gasteiger partial charge in [-0.15, -0.1) is 16.4 Å². The number of hydrogen-bond acceptors (Lipinski definition) is 7. The highest BCUT2D eigenvalue weighted by molar-refractivity contribution is 7.91. The second-order valence-corrected chi connectivity index (χ2v) is 11.5. The average molecular weight is 522 g/mol. The molecule has 1 saturated heterocycles. The molecule has 0 aliphatic carbocycles. The smallest absolute Gasteiger partial charge is 0.322 e. The number of thiophene rings is 1. The van der Waals surface area contributed by atoms with Gasteiger partial charge in [-0.3, -0.25) is 10.1 Å². The van der Waals surface area contributed by atoms with E-state index in [2.05, 4.69) is 15.5 Å². The second kappa shape index (κ2) is 9.05. The van der Waals surface area contributed by atoms with Gasteiger partial charge < -0.3 is 4.42 Å². The van der Waals surface area contributed by atoms with E-state index in [0.29, 0.717) is 39.2 Å². The molecule has 1 aliphatic rings. The van der Waals surface area contributed by atoms with Crippen LogP contribution in [0.4, 0.5) is 6.01 Å². The summed E-state index contributed by atoms with van der Waals surface area (Å²) in [6.45, 7) is 0.228. The van der Waals surface area contributed by atoms with Gasteiger partial charge in [0.25, 0.3) is 10.0 Å². The molecule has 8 nitrogen and oxygen atoms in total. The van der Waals surface area contributed by atoms with Gasteiger partial charge in [-0.05, 0) is 43.2 Å². The number of amides is 1. The highest BCUT2D eigenvalue weighted by atomic mass is 35.5. The number of halogens is 3. The van der Waals surface area contributed by atoms with Crippen LogP contribution in [0.1, 0.15) is 19.3 Å². The Hall–Kier alpha value is -1.69. The van der Waals surface area contributed by atoms with Crippen molar-refractivity contribution in [1.29, 1.82) is 0 Å². The Morgan fingerprint density at radius 3 is 2.55 bits per heavy atom. The fourth-order valence-electron chi connectivity index (χ4n) is 3.26. The highest BCUT2D eigenvalue weighted by Crippen LogP contribution is 2.32. The van der Waals surface area contributed by atoms with E-state index < -0.39 is 22.0 Å². The largest absolute Gasteiger partial charge is 0.403 e. The predicted octanol–water partition coefficient (Wildman–Crippen LogP) is 4.94. The van der Waals surface area contributed by atoms with Crippen LogP contribution in [0.5, 0.6) is 0 Å². The van der Waals surface area contributed by atoms with Gasteiger partial charge >= 0.3 is 6.01 Å². The lowest BCUT2D eigenvalue weighted by molar-refractivity contribution is -0.120. The third kappa shape index (κ3) is 4.89. The van der Waals surface area contributed by atoms with Crippen molar-refractivity contribution in [2.45, 2.75) is 29.5 Å². The number of sulfonamides is 1. The van der Waals surface area contributed by atoms with Crippen LogP contribution in [0.3, 0.4) is 0 Å². The SMILES string of the molecule is O=C(Nc1nnc(-c2cc(Cl)cc(Cl)c2)o1)C1CCCCN1S(=O)(=O)c1ccc(Cl)s1. The van der Waals surface area contributed by atoms with E-state index in [1.807, 2.05) is 0 Å². The number of nitrogens with zero attached hydrogens (tertiary/aromatic N) is 3. The number of anilines is 1. The number of hydrogen-bond donors (Lipinski definition) is 1. The van der Waals surface area contributed by atoms with Crippen molar-refractivity contribution in [1.82, 2.24) is 14.5 Å². The van der Waals surface area contributed by atoms with Gasteiger partial charge in [-0.1, -0.05) is 46.3 Å². The first-order valence-electron chi connectivity index (χ1n) is 9.12. The lowest BCUT2D eigenvalue weighted by Gasteiger charge is -2.32. The molecule has 31 heavy (non-hydrogen) atoms. The monoisotopic (exact) mass is 520 g/mol. The minimum atomic E-state index is -3.86. The summed E-state index contributed by atoms with van der Waals surface area (Å²) in [6.07, 6.45) is 1.74. The Morgan fingerprint density at radius 1 is 1.13 bits per heavy atom. The summed E-state index contributed by atoms with van der Waals surface area (Å²) in [6, 6.07) is 6.63. The summed E-state index contributed by atoms with van der Waals surface area (Å²) in [5.74, 6) is -0.439. The van der Waals surface area contributed by atoms with Gasteiger partial charge in [0.15, 0.2) is 0 Å². The van der Waals surface area contributed by atoms with Crippen LogP contribution in [-0.2, 0) is 14.8 Å². The first kappa shape index (κ1) is 22.5. The van der Waals surface area contributed by atoms with Crippen LogP contribution in [-0.4, -0.2) is 41.4 Å². The maximum Gasteiger partial charge on any atom is 0.322 e. The number of aromatic nitrogens is 2. The minimum absolute atomic E-state index is 0.0927. The summed E-state index contributed by atoms with van der Waals surface area (Å²) in [4.78, 5) is 12.9. The fourth-order valence-corrected chi connectivity index (χ4v) is 7.06. The number of piperidine rings is 1. The maximum absolute atomic E-state index is 13.0. The summed E-state index contributed by atoms with van der Waals surface area (Å²) >= 11 is 18.8. The molecule has 0 saturated carbocycles. The van der Waals surface area contributed by atoms with Crippen molar-refractivity contribution in [2.24, 2.45) is 0 Å². The molecule has 0 radical (unpaired) electrons. The Morgan fingerprint density at radius 2 is 1.87 bits per heavy atom. The van der Waals surface area contributed by atoms with Crippen molar-refractivity contribution < 1.29 is 17.6 Å². The average Bonchev–Trinajstić information content (AvgIpc) is 3.37. The predicted molar refractivity (Wildman–Crippen MR) is 119 cm³/mol. The molecule has 1 unspecified atom stereocenters. The fraction of sp³-hybridized carbons (Fsp3) is 0.278.